The fraction of sp³-hybridized carbons (Fsp3) is 0.260. The molecule has 3 unspecified atom stereocenters. The summed E-state index contributed by atoms with van der Waals surface area (Å²) in [5, 5.41) is 0. The minimum absolute atomic E-state index is 0.0204. The van der Waals surface area contributed by atoms with Crippen LogP contribution < -0.4 is 52.8 Å². The van der Waals surface area contributed by atoms with E-state index in [1.807, 2.05) is 68.4 Å². The molecule has 0 bridgehead atoms. The number of anilines is 3. The number of carbonyl (C=O) groups excluding carboxylic acids is 3. The third-order valence-corrected chi connectivity index (χ3v) is 20.3. The van der Waals surface area contributed by atoms with Crippen LogP contribution in [-0.4, -0.2) is 143 Å². The second-order valence-corrected chi connectivity index (χ2v) is 30.4. The second kappa shape index (κ2) is 42.2. The van der Waals surface area contributed by atoms with Gasteiger partial charge < -0.3 is 91.8 Å². The van der Waals surface area contributed by atoms with E-state index in [-0.39, 0.29) is 128 Å². The zero-order chi connectivity index (χ0) is 82.5. The number of benzene rings is 6. The van der Waals surface area contributed by atoms with Gasteiger partial charge in [0.1, 0.15) is 42.0 Å². The molecule has 9 N–H and O–H groups in total. The fourth-order valence-corrected chi connectivity index (χ4v) is 13.4. The molecule has 0 aliphatic carbocycles. The Morgan fingerprint density at radius 2 is 0.707 bits per heavy atom. The topological polar surface area (TPSA) is 519 Å². The number of H-pyrrole nitrogens is 3. The standard InChI is InChI=1S/C25H28N5O9P.2C24H26N5O8P/c1-17-12-19(8-9-20(17)34-2)39-25(32)36-15-38-40(33,37-13-18-6-4-3-5-7-18)16-35-11-10-30-14-27-21-22(30)28-24(26)29-23(21)31;2*1-17-7-9-19(10-8-17)37-24(31)34-15-36-38(32,35-13-18-5-3-2-4-6-18)16-33-12-11-29-14-26-20-21(29)27-23(25)28-22(20)30/h3-9,12,14H,10-11,13,15-16H2,1-2H3,(H3,26,28,29,31);2*2-10,14H,11-13,15-16H2,1H3,(H3,25,27,28,30). The van der Waals surface area contributed by atoms with E-state index < -0.39 is 97.4 Å². The first-order valence-corrected chi connectivity index (χ1v) is 40.0. The van der Waals surface area contributed by atoms with Crippen molar-refractivity contribution in [1.29, 1.82) is 0 Å². The number of nitrogens with one attached hydrogen (secondary N) is 3. The number of nitrogens with zero attached hydrogens (tertiary/aromatic N) is 9. The van der Waals surface area contributed by atoms with Gasteiger partial charge in [-0.2, -0.15) is 15.0 Å². The molecule has 0 radical (unpaired) electrons. The van der Waals surface area contributed by atoms with Crippen LogP contribution in [-0.2, 0) is 109 Å². The number of fused-ring (bicyclic) bond motifs is 3. The smallest absolute Gasteiger partial charge is 0.496 e. The number of nitrogens with two attached hydrogens (primary N) is 3. The van der Waals surface area contributed by atoms with Crippen molar-refractivity contribution in [3.05, 3.63) is 241 Å². The van der Waals surface area contributed by atoms with Gasteiger partial charge in [0.05, 0.1) is 65.7 Å². The number of hydrogen-bond acceptors (Lipinski definition) is 34. The van der Waals surface area contributed by atoms with E-state index in [9.17, 15) is 42.5 Å². The van der Waals surface area contributed by atoms with E-state index in [0.29, 0.717) is 5.75 Å². The van der Waals surface area contributed by atoms with Crippen LogP contribution in [0.5, 0.6) is 23.0 Å². The molecule has 0 aliphatic heterocycles. The third-order valence-electron chi connectivity index (χ3n) is 15.8. The van der Waals surface area contributed by atoms with E-state index in [2.05, 4.69) is 44.9 Å². The van der Waals surface area contributed by atoms with E-state index in [0.717, 1.165) is 33.4 Å². The number of aromatic amines is 3. The van der Waals surface area contributed by atoms with Crippen LogP contribution in [0.1, 0.15) is 33.4 Å². The molecule has 612 valence electrons. The van der Waals surface area contributed by atoms with Gasteiger partial charge in [-0.3, -0.25) is 56.6 Å². The van der Waals surface area contributed by atoms with Crippen LogP contribution in [0.2, 0.25) is 0 Å². The van der Waals surface area contributed by atoms with E-state index in [1.165, 1.54) is 26.1 Å². The van der Waals surface area contributed by atoms with Crippen LogP contribution >= 0.6 is 22.8 Å². The first-order chi connectivity index (χ1) is 55.9. The van der Waals surface area contributed by atoms with Gasteiger partial charge in [0.15, 0.2) is 33.5 Å². The first kappa shape index (κ1) is 86.1. The van der Waals surface area contributed by atoms with Crippen LogP contribution in [0.4, 0.5) is 32.2 Å². The van der Waals surface area contributed by atoms with Gasteiger partial charge >= 0.3 is 41.3 Å². The highest BCUT2D eigenvalue weighted by Gasteiger charge is 2.30. The Kier molecular flexibility index (Phi) is 31.3. The number of ether oxygens (including phenoxy) is 10. The molecule has 116 heavy (non-hydrogen) atoms. The van der Waals surface area contributed by atoms with Crippen molar-refractivity contribution in [3.8, 4) is 23.0 Å². The van der Waals surface area contributed by atoms with Gasteiger partial charge in [0.25, 0.3) is 16.7 Å². The van der Waals surface area contributed by atoms with E-state index in [1.54, 1.807) is 124 Å². The van der Waals surface area contributed by atoms with Gasteiger partial charge in [-0.1, -0.05) is 126 Å². The maximum Gasteiger partial charge on any atom is 0.515 e. The minimum atomic E-state index is -3.90. The lowest BCUT2D eigenvalue weighted by atomic mass is 10.2. The third kappa shape index (κ3) is 26.7. The van der Waals surface area contributed by atoms with Crippen molar-refractivity contribution >= 4 is 92.6 Å². The van der Waals surface area contributed by atoms with Crippen LogP contribution in [0, 0.1) is 20.8 Å². The van der Waals surface area contributed by atoms with Crippen LogP contribution in [0.15, 0.2) is 191 Å². The lowest BCUT2D eigenvalue weighted by Gasteiger charge is -2.19. The molecule has 6 heterocycles. The molecule has 43 heteroatoms. The summed E-state index contributed by atoms with van der Waals surface area (Å²) in [7, 11) is -10.1. The molecule has 6 aromatic carbocycles. The Bertz CT molecular complexity index is 5360. The highest BCUT2D eigenvalue weighted by molar-refractivity contribution is 7.54. The zero-order valence-electron chi connectivity index (χ0n) is 62.7. The lowest BCUT2D eigenvalue weighted by molar-refractivity contribution is 0.0141. The summed E-state index contributed by atoms with van der Waals surface area (Å²) in [5.41, 5.74) is 21.7. The molecule has 0 amide bonds. The van der Waals surface area contributed by atoms with Crippen molar-refractivity contribution in [3.63, 3.8) is 0 Å². The maximum absolute atomic E-state index is 13.4. The largest absolute Gasteiger partial charge is 0.515 e. The summed E-state index contributed by atoms with van der Waals surface area (Å²) in [6, 6.07) is 45.5. The molecule has 0 spiro atoms. The monoisotopic (exact) mass is 1660 g/mol. The van der Waals surface area contributed by atoms with Crippen molar-refractivity contribution in [2.45, 2.75) is 60.2 Å². The number of nitrogen functional groups attached to an aromatic ring is 3. The number of hydrogen-bond donors (Lipinski definition) is 6. The Labute approximate surface area is 658 Å². The molecule has 12 rings (SSSR count). The van der Waals surface area contributed by atoms with Gasteiger partial charge in [-0.05, 0) is 85.5 Å². The Hall–Kier alpha value is -12.3. The number of methoxy groups -OCH3 is 1. The van der Waals surface area contributed by atoms with Crippen molar-refractivity contribution in [1.82, 2.24) is 58.6 Å². The predicted octanol–water partition coefficient (Wildman–Crippen LogP) is 10.8. The number of carbonyl (C=O) groups is 3. The Morgan fingerprint density at radius 3 is 1.01 bits per heavy atom. The molecular weight excluding hydrogens is 1580 g/mol. The molecule has 40 nitrogen and oxygen atoms in total. The average Bonchev–Trinajstić information content (AvgIpc) is 1.66. The molecule has 6 aromatic heterocycles. The van der Waals surface area contributed by atoms with E-state index >= 15 is 0 Å². The lowest BCUT2D eigenvalue weighted by Crippen LogP contribution is -2.15. The van der Waals surface area contributed by atoms with Gasteiger partial charge in [-0.15, -0.1) is 0 Å². The SMILES string of the molecule is COc1ccc(OC(=O)OCOP(=O)(COCCn2cnc3c(=O)[nH]c(N)nc32)OCc2ccccc2)cc1C.Cc1ccc(OC(=O)OCOP(=O)(COCCn2cnc3c(=O)[nH]c(N)nc32)OCc2ccccc2)cc1.Cc1ccc(OC(=O)OCOP(=O)(COCCn2cnc3c(=O)[nH]c(N)nc32)OCc2ccccc2)cc1. The predicted molar refractivity (Wildman–Crippen MR) is 416 cm³/mol. The Morgan fingerprint density at radius 1 is 0.405 bits per heavy atom. The molecule has 0 saturated carbocycles. The summed E-state index contributed by atoms with van der Waals surface area (Å²) in [6.07, 6.45) is -0.167. The zero-order valence-corrected chi connectivity index (χ0v) is 65.3. The first-order valence-electron chi connectivity index (χ1n) is 34.8. The summed E-state index contributed by atoms with van der Waals surface area (Å²) in [6.45, 7) is 4.27. The van der Waals surface area contributed by atoms with Gasteiger partial charge in [-0.25, -0.2) is 29.3 Å². The minimum Gasteiger partial charge on any atom is -0.496 e. The fourth-order valence-electron chi connectivity index (χ4n) is 9.97. The normalized spacial score (nSPS) is 12.7. The van der Waals surface area contributed by atoms with Crippen molar-refractivity contribution < 1.29 is 103 Å². The van der Waals surface area contributed by atoms with Crippen molar-refractivity contribution in [2.75, 3.05) is 83.6 Å². The molecule has 0 fully saturated rings. The quantitative estimate of drug-likeness (QED) is 0.00526. The van der Waals surface area contributed by atoms with Gasteiger partial charge in [0, 0.05) is 19.6 Å². The molecular formula is C73H80N15O25P3. The van der Waals surface area contributed by atoms with Crippen molar-refractivity contribution in [2.24, 2.45) is 0 Å². The average molecular weight is 1660 g/mol. The van der Waals surface area contributed by atoms with Gasteiger partial charge in [0.2, 0.25) is 38.2 Å². The summed E-state index contributed by atoms with van der Waals surface area (Å²) < 4.78 is 129. The maximum atomic E-state index is 13.4. The molecule has 3 atom stereocenters. The highest BCUT2D eigenvalue weighted by atomic mass is 31.2. The molecule has 12 aromatic rings. The summed E-state index contributed by atoms with van der Waals surface area (Å²) >= 11 is 0. The number of aryl methyl sites for hydroxylation is 3. The highest BCUT2D eigenvalue weighted by Crippen LogP contribution is 2.51. The molecule has 0 aliphatic rings. The van der Waals surface area contributed by atoms with Crippen LogP contribution in [0.3, 0.4) is 0 Å². The van der Waals surface area contributed by atoms with E-state index in [4.69, 9.17) is 91.7 Å². The van der Waals surface area contributed by atoms with Crippen LogP contribution in [0.25, 0.3) is 33.5 Å². The molecule has 0 saturated heterocycles. The Balaban J connectivity index is 0.000000184. The summed E-state index contributed by atoms with van der Waals surface area (Å²) in [4.78, 5) is 103. The number of imidazole rings is 3. The number of rotatable bonds is 37. The second-order valence-electron chi connectivity index (χ2n) is 24.4. The number of aromatic nitrogens is 12. The summed E-state index contributed by atoms with van der Waals surface area (Å²) in [5.74, 6) is 1.32.